The number of amides is 2. The van der Waals surface area contributed by atoms with Crippen LogP contribution >= 0.6 is 35.6 Å². The van der Waals surface area contributed by atoms with Crippen molar-refractivity contribution in [3.63, 3.8) is 0 Å². The van der Waals surface area contributed by atoms with Gasteiger partial charge in [0.05, 0.1) is 17.2 Å². The molecule has 3 aromatic rings. The first-order chi connectivity index (χ1) is 18.3. The molecule has 1 aliphatic rings. The zero-order valence-electron chi connectivity index (χ0n) is 21.2. The number of thioether (sulfide) groups is 1. The lowest BCUT2D eigenvalue weighted by Crippen LogP contribution is -2.27. The van der Waals surface area contributed by atoms with Crippen molar-refractivity contribution >= 4 is 69.2 Å². The van der Waals surface area contributed by atoms with Gasteiger partial charge in [0, 0.05) is 10.7 Å². The van der Waals surface area contributed by atoms with Gasteiger partial charge in [-0.25, -0.2) is 0 Å². The number of hydrogen-bond donors (Lipinski definition) is 1. The van der Waals surface area contributed by atoms with Gasteiger partial charge in [0.15, 0.2) is 22.4 Å². The minimum atomic E-state index is -0.268. The van der Waals surface area contributed by atoms with Gasteiger partial charge in [0.2, 0.25) is 0 Å². The molecule has 1 saturated heterocycles. The van der Waals surface area contributed by atoms with Gasteiger partial charge >= 0.3 is 0 Å². The van der Waals surface area contributed by atoms with Crippen LogP contribution < -0.4 is 19.7 Å². The summed E-state index contributed by atoms with van der Waals surface area (Å²) in [4.78, 5) is 27.7. The van der Waals surface area contributed by atoms with Gasteiger partial charge in [-0.2, -0.15) is 0 Å². The maximum atomic E-state index is 13.1. The van der Waals surface area contributed by atoms with Crippen LogP contribution in [0.15, 0.2) is 71.6 Å². The minimum absolute atomic E-state index is 0.175. The molecule has 0 spiro atoms. The van der Waals surface area contributed by atoms with Crippen molar-refractivity contribution in [2.75, 3.05) is 23.4 Å². The largest absolute Gasteiger partial charge is 0.490 e. The summed E-state index contributed by atoms with van der Waals surface area (Å²) in [6.45, 7) is 6.25. The van der Waals surface area contributed by atoms with Gasteiger partial charge in [0.1, 0.15) is 0 Å². The minimum Gasteiger partial charge on any atom is -0.490 e. The van der Waals surface area contributed by atoms with E-state index in [0.29, 0.717) is 38.0 Å². The number of halogens is 1. The molecule has 3 aromatic carbocycles. The Labute approximate surface area is 237 Å². The molecule has 1 fully saturated rings. The second-order valence-corrected chi connectivity index (χ2v) is 10.8. The van der Waals surface area contributed by atoms with Crippen molar-refractivity contribution in [2.24, 2.45) is 0 Å². The van der Waals surface area contributed by atoms with Crippen LogP contribution in [0.5, 0.6) is 11.5 Å². The molecule has 4 rings (SSSR count). The average molecular weight is 567 g/mol. The highest BCUT2D eigenvalue weighted by atomic mass is 35.5. The molecule has 0 saturated carbocycles. The number of nitrogens with one attached hydrogen (secondary N) is 1. The molecule has 1 N–H and O–H groups in total. The number of rotatable bonds is 9. The van der Waals surface area contributed by atoms with E-state index in [4.69, 9.17) is 33.3 Å². The van der Waals surface area contributed by atoms with E-state index in [1.54, 1.807) is 48.5 Å². The first-order valence-corrected chi connectivity index (χ1v) is 13.7. The van der Waals surface area contributed by atoms with Gasteiger partial charge in [0.25, 0.3) is 11.8 Å². The van der Waals surface area contributed by atoms with Crippen LogP contribution in [0.2, 0.25) is 5.02 Å². The van der Waals surface area contributed by atoms with Crippen molar-refractivity contribution in [1.29, 1.82) is 0 Å². The number of thiocarbonyl (C=S) groups is 1. The van der Waals surface area contributed by atoms with Crippen molar-refractivity contribution in [3.8, 4) is 11.5 Å². The Bertz CT molecular complexity index is 1390. The summed E-state index contributed by atoms with van der Waals surface area (Å²) >= 11 is 12.7. The highest BCUT2D eigenvalue weighted by Gasteiger charge is 2.33. The molecule has 38 heavy (non-hydrogen) atoms. The van der Waals surface area contributed by atoms with Crippen LogP contribution in [0.1, 0.15) is 37.8 Å². The van der Waals surface area contributed by atoms with Crippen LogP contribution in [0.3, 0.4) is 0 Å². The lowest BCUT2D eigenvalue weighted by atomic mass is 10.0. The molecule has 0 aromatic heterocycles. The Kier molecular flexibility index (Phi) is 9.09. The van der Waals surface area contributed by atoms with Crippen molar-refractivity contribution in [1.82, 2.24) is 0 Å². The van der Waals surface area contributed by atoms with Crippen LogP contribution in [-0.2, 0) is 9.59 Å². The molecule has 2 amide bonds. The third-order valence-electron chi connectivity index (χ3n) is 5.66. The third-order valence-corrected chi connectivity index (χ3v) is 7.21. The number of para-hydroxylation sites is 1. The van der Waals surface area contributed by atoms with E-state index in [1.165, 1.54) is 16.7 Å². The SMILES string of the molecule is CCOc1cc(/C=C2\SC(=S)N(c3ccc(Cl)cc3)C2=O)ccc1OCC(=O)Nc1ccccc1C(C)C. The summed E-state index contributed by atoms with van der Waals surface area (Å²) < 4.78 is 12.0. The van der Waals surface area contributed by atoms with Crippen LogP contribution in [0.4, 0.5) is 11.4 Å². The predicted octanol–water partition coefficient (Wildman–Crippen LogP) is 7.29. The zero-order chi connectivity index (χ0) is 27.2. The maximum absolute atomic E-state index is 13.1. The predicted molar refractivity (Wildman–Crippen MR) is 159 cm³/mol. The number of nitrogens with zero attached hydrogens (tertiary/aromatic N) is 1. The summed E-state index contributed by atoms with van der Waals surface area (Å²) in [7, 11) is 0. The molecule has 0 radical (unpaired) electrons. The van der Waals surface area contributed by atoms with Crippen molar-refractivity contribution in [2.45, 2.75) is 26.7 Å². The van der Waals surface area contributed by atoms with Crippen LogP contribution in [-0.4, -0.2) is 29.3 Å². The van der Waals surface area contributed by atoms with Gasteiger partial charge in [-0.1, -0.05) is 73.7 Å². The number of anilines is 2. The Morgan fingerprint density at radius 2 is 1.82 bits per heavy atom. The Balaban J connectivity index is 1.47. The van der Waals surface area contributed by atoms with E-state index in [-0.39, 0.29) is 24.3 Å². The van der Waals surface area contributed by atoms with E-state index in [9.17, 15) is 9.59 Å². The van der Waals surface area contributed by atoms with E-state index >= 15 is 0 Å². The summed E-state index contributed by atoms with van der Waals surface area (Å²) in [6.07, 6.45) is 1.76. The lowest BCUT2D eigenvalue weighted by molar-refractivity contribution is -0.118. The molecular formula is C29H27ClN2O4S2. The molecule has 9 heteroatoms. The Morgan fingerprint density at radius 1 is 1.08 bits per heavy atom. The van der Waals surface area contributed by atoms with Gasteiger partial charge in [-0.3, -0.25) is 14.5 Å². The van der Waals surface area contributed by atoms with E-state index in [1.807, 2.05) is 31.2 Å². The van der Waals surface area contributed by atoms with Crippen molar-refractivity contribution < 1.29 is 19.1 Å². The average Bonchev–Trinajstić information content (AvgIpc) is 3.17. The molecule has 6 nitrogen and oxygen atoms in total. The summed E-state index contributed by atoms with van der Waals surface area (Å²) in [5, 5.41) is 3.51. The number of ether oxygens (including phenoxy) is 2. The Morgan fingerprint density at radius 3 is 2.53 bits per heavy atom. The van der Waals surface area contributed by atoms with E-state index < -0.39 is 0 Å². The fraction of sp³-hybridized carbons (Fsp3) is 0.207. The Hall–Kier alpha value is -3.33. The van der Waals surface area contributed by atoms with E-state index in [0.717, 1.165) is 16.8 Å². The second-order valence-electron chi connectivity index (χ2n) is 8.71. The quantitative estimate of drug-likeness (QED) is 0.217. The maximum Gasteiger partial charge on any atom is 0.270 e. The summed E-state index contributed by atoms with van der Waals surface area (Å²) in [5.74, 6) is 0.709. The molecule has 0 unspecified atom stereocenters. The summed E-state index contributed by atoms with van der Waals surface area (Å²) in [6, 6.07) is 20.0. The number of carbonyl (C=O) groups excluding carboxylic acids is 2. The molecule has 0 aliphatic carbocycles. The fourth-order valence-corrected chi connectivity index (χ4v) is 5.30. The third kappa shape index (κ3) is 6.56. The number of benzene rings is 3. The second kappa shape index (κ2) is 12.5. The molecule has 1 aliphatic heterocycles. The smallest absolute Gasteiger partial charge is 0.270 e. The zero-order valence-corrected chi connectivity index (χ0v) is 23.6. The molecular weight excluding hydrogens is 540 g/mol. The standard InChI is InChI=1S/C29H27ClN2O4S2/c1-4-35-25-15-19(16-26-28(34)32(29(37)38-26)21-12-10-20(30)11-13-21)9-14-24(25)36-17-27(33)31-23-8-6-5-7-22(23)18(2)3/h5-16,18H,4,17H2,1-3H3,(H,31,33)/b26-16-. The van der Waals surface area contributed by atoms with Crippen molar-refractivity contribution in [3.05, 3.63) is 87.8 Å². The molecule has 0 bridgehead atoms. The topological polar surface area (TPSA) is 67.9 Å². The molecule has 1 heterocycles. The first kappa shape index (κ1) is 27.7. The summed E-state index contributed by atoms with van der Waals surface area (Å²) in [5.41, 5.74) is 3.23. The normalized spacial score (nSPS) is 14.3. The highest BCUT2D eigenvalue weighted by molar-refractivity contribution is 8.27. The van der Waals surface area contributed by atoms with Gasteiger partial charge in [-0.05, 0) is 72.5 Å². The van der Waals surface area contributed by atoms with Crippen LogP contribution in [0.25, 0.3) is 6.08 Å². The van der Waals surface area contributed by atoms with Gasteiger partial charge < -0.3 is 14.8 Å². The lowest BCUT2D eigenvalue weighted by Gasteiger charge is -2.15. The molecule has 196 valence electrons. The number of carbonyl (C=O) groups is 2. The van der Waals surface area contributed by atoms with Crippen LogP contribution in [0, 0.1) is 0 Å². The number of hydrogen-bond acceptors (Lipinski definition) is 6. The van der Waals surface area contributed by atoms with Gasteiger partial charge in [-0.15, -0.1) is 0 Å². The fourth-order valence-electron chi connectivity index (χ4n) is 3.88. The highest BCUT2D eigenvalue weighted by Crippen LogP contribution is 2.37. The van der Waals surface area contributed by atoms with E-state index in [2.05, 4.69) is 19.2 Å². The monoisotopic (exact) mass is 566 g/mol. The first-order valence-electron chi connectivity index (χ1n) is 12.1. The molecule has 0 atom stereocenters.